The molecule has 7 nitrogen and oxygen atoms in total. The smallest absolute Gasteiger partial charge is 0.244 e. The molecule has 0 fully saturated rings. The van der Waals surface area contributed by atoms with Crippen LogP contribution in [-0.2, 0) is 26.2 Å². The van der Waals surface area contributed by atoms with Gasteiger partial charge in [0.25, 0.3) is 0 Å². The van der Waals surface area contributed by atoms with Crippen LogP contribution in [0.1, 0.15) is 32.8 Å². The highest BCUT2D eigenvalue weighted by atomic mass is 35.5. The van der Waals surface area contributed by atoms with Crippen molar-refractivity contribution in [1.82, 2.24) is 10.2 Å². The summed E-state index contributed by atoms with van der Waals surface area (Å²) in [6.45, 7) is 5.50. The molecule has 0 spiro atoms. The van der Waals surface area contributed by atoms with Crippen LogP contribution in [0.3, 0.4) is 0 Å². The first-order valence-corrected chi connectivity index (χ1v) is 14.5. The summed E-state index contributed by atoms with van der Waals surface area (Å²) in [6, 6.07) is 8.66. The Morgan fingerprint density at radius 2 is 1.58 bits per heavy atom. The average molecular weight is 597 g/mol. The van der Waals surface area contributed by atoms with Crippen molar-refractivity contribution in [3.8, 4) is 0 Å². The van der Waals surface area contributed by atoms with Gasteiger partial charge in [-0.3, -0.25) is 13.9 Å². The minimum absolute atomic E-state index is 0.00117. The Morgan fingerprint density at radius 3 is 2.14 bits per heavy atom. The van der Waals surface area contributed by atoms with Crippen LogP contribution in [0.25, 0.3) is 0 Å². The normalized spacial score (nSPS) is 12.4. The van der Waals surface area contributed by atoms with Crippen molar-refractivity contribution in [2.24, 2.45) is 5.92 Å². The van der Waals surface area contributed by atoms with Crippen molar-refractivity contribution >= 4 is 73.9 Å². The van der Waals surface area contributed by atoms with Crippen LogP contribution in [-0.4, -0.2) is 50.5 Å². The zero-order valence-corrected chi connectivity index (χ0v) is 24.2. The second-order valence-corrected chi connectivity index (χ2v) is 12.2. The topological polar surface area (TPSA) is 86.8 Å². The molecule has 0 saturated heterocycles. The van der Waals surface area contributed by atoms with E-state index in [-0.39, 0.29) is 39.1 Å². The van der Waals surface area contributed by atoms with Crippen LogP contribution in [0.5, 0.6) is 0 Å². The molecule has 36 heavy (non-hydrogen) atoms. The maximum Gasteiger partial charge on any atom is 0.244 e. The van der Waals surface area contributed by atoms with E-state index in [2.05, 4.69) is 5.32 Å². The Bertz CT molecular complexity index is 1210. The molecule has 0 aromatic heterocycles. The van der Waals surface area contributed by atoms with Gasteiger partial charge in [-0.1, -0.05) is 85.4 Å². The quantitative estimate of drug-likeness (QED) is 0.340. The Morgan fingerprint density at radius 1 is 0.972 bits per heavy atom. The molecule has 0 saturated carbocycles. The number of nitrogens with zero attached hydrogens (tertiary/aromatic N) is 2. The number of hydrogen-bond donors (Lipinski definition) is 1. The Kier molecular flexibility index (Phi) is 11.2. The molecule has 0 radical (unpaired) electrons. The van der Waals surface area contributed by atoms with Crippen molar-refractivity contribution < 1.29 is 18.0 Å². The van der Waals surface area contributed by atoms with Gasteiger partial charge in [-0.15, -0.1) is 0 Å². The van der Waals surface area contributed by atoms with E-state index in [9.17, 15) is 18.0 Å². The third kappa shape index (κ3) is 8.15. The average Bonchev–Trinajstić information content (AvgIpc) is 2.78. The van der Waals surface area contributed by atoms with Gasteiger partial charge in [0.1, 0.15) is 12.6 Å². The summed E-state index contributed by atoms with van der Waals surface area (Å²) >= 11 is 24.7. The fraction of sp³-hybridized carbons (Fsp3) is 0.417. The van der Waals surface area contributed by atoms with Crippen LogP contribution in [0.2, 0.25) is 20.1 Å². The molecule has 2 aromatic carbocycles. The number of nitrogens with one attached hydrogen (secondary N) is 1. The first-order chi connectivity index (χ1) is 16.8. The Labute approximate surface area is 232 Å². The molecular weight excluding hydrogens is 568 g/mol. The molecular formula is C24H29Cl4N3O4S. The Hall–Kier alpha value is -1.71. The van der Waals surface area contributed by atoms with E-state index in [1.807, 2.05) is 13.8 Å². The summed E-state index contributed by atoms with van der Waals surface area (Å²) in [7, 11) is -3.98. The van der Waals surface area contributed by atoms with E-state index in [1.165, 1.54) is 17.0 Å². The zero-order chi connectivity index (χ0) is 27.2. The lowest BCUT2D eigenvalue weighted by Gasteiger charge is -2.33. The summed E-state index contributed by atoms with van der Waals surface area (Å²) in [5.41, 5.74) is 0.609. The standard InChI is InChI=1S/C24H29Cl4N3O4S/c1-5-21(24(33)29-12-15(2)3)30(13-16-8-6-7-9-17(16)25)23(32)14-31(36(4,34)35)22-11-19(27)18(26)10-20(22)28/h6-11,15,21H,5,12-14H2,1-4H3,(H,29,33). The zero-order valence-electron chi connectivity index (χ0n) is 20.4. The Balaban J connectivity index is 2.50. The SMILES string of the molecule is CCC(C(=O)NCC(C)C)N(Cc1ccccc1Cl)C(=O)CN(c1cc(Cl)c(Cl)cc1Cl)S(C)(=O)=O. The molecule has 0 heterocycles. The van der Waals surface area contributed by atoms with E-state index in [0.717, 1.165) is 10.6 Å². The van der Waals surface area contributed by atoms with Crippen LogP contribution in [0, 0.1) is 5.92 Å². The molecule has 0 aliphatic carbocycles. The summed E-state index contributed by atoms with van der Waals surface area (Å²) in [5.74, 6) is -0.754. The third-order valence-corrected chi connectivity index (χ3v) is 7.83. The number of anilines is 1. The molecule has 2 aromatic rings. The van der Waals surface area contributed by atoms with Gasteiger partial charge in [0, 0.05) is 18.1 Å². The third-order valence-electron chi connectivity index (χ3n) is 5.31. The predicted molar refractivity (Wildman–Crippen MR) is 148 cm³/mol. The molecule has 2 amide bonds. The number of sulfonamides is 1. The van der Waals surface area contributed by atoms with E-state index in [0.29, 0.717) is 23.6 Å². The van der Waals surface area contributed by atoms with E-state index < -0.39 is 28.5 Å². The lowest BCUT2D eigenvalue weighted by Crippen LogP contribution is -2.52. The van der Waals surface area contributed by atoms with Crippen molar-refractivity contribution in [3.05, 3.63) is 62.1 Å². The molecule has 1 N–H and O–H groups in total. The van der Waals surface area contributed by atoms with Gasteiger partial charge in [-0.05, 0) is 36.1 Å². The van der Waals surface area contributed by atoms with Gasteiger partial charge in [0.05, 0.1) is 27.0 Å². The fourth-order valence-electron chi connectivity index (χ4n) is 3.45. The maximum atomic E-state index is 13.7. The summed E-state index contributed by atoms with van der Waals surface area (Å²) in [4.78, 5) is 28.1. The molecule has 0 aliphatic heterocycles. The van der Waals surface area contributed by atoms with Gasteiger partial charge >= 0.3 is 0 Å². The van der Waals surface area contributed by atoms with Gasteiger partial charge < -0.3 is 10.2 Å². The van der Waals surface area contributed by atoms with Crippen LogP contribution in [0.4, 0.5) is 5.69 Å². The number of hydrogen-bond acceptors (Lipinski definition) is 4. The highest BCUT2D eigenvalue weighted by Crippen LogP contribution is 2.35. The predicted octanol–water partition coefficient (Wildman–Crippen LogP) is 5.65. The van der Waals surface area contributed by atoms with Gasteiger partial charge in [0.15, 0.2) is 0 Å². The maximum absolute atomic E-state index is 13.7. The summed E-state index contributed by atoms with van der Waals surface area (Å²) < 4.78 is 26.3. The van der Waals surface area contributed by atoms with Crippen molar-refractivity contribution in [3.63, 3.8) is 0 Å². The number of rotatable bonds is 11. The molecule has 198 valence electrons. The van der Waals surface area contributed by atoms with Crippen LogP contribution >= 0.6 is 46.4 Å². The second-order valence-electron chi connectivity index (χ2n) is 8.66. The fourth-order valence-corrected chi connectivity index (χ4v) is 5.19. The first kappa shape index (κ1) is 30.5. The largest absolute Gasteiger partial charge is 0.354 e. The van der Waals surface area contributed by atoms with E-state index >= 15 is 0 Å². The van der Waals surface area contributed by atoms with Crippen molar-refractivity contribution in [2.75, 3.05) is 23.7 Å². The monoisotopic (exact) mass is 595 g/mol. The summed E-state index contributed by atoms with van der Waals surface area (Å²) in [6.07, 6.45) is 1.25. The van der Waals surface area contributed by atoms with E-state index in [1.54, 1.807) is 31.2 Å². The van der Waals surface area contributed by atoms with Crippen molar-refractivity contribution in [2.45, 2.75) is 39.8 Å². The van der Waals surface area contributed by atoms with E-state index in [4.69, 9.17) is 46.4 Å². The van der Waals surface area contributed by atoms with Crippen LogP contribution in [0.15, 0.2) is 36.4 Å². The minimum Gasteiger partial charge on any atom is -0.354 e. The number of carbonyl (C=O) groups is 2. The first-order valence-electron chi connectivity index (χ1n) is 11.2. The molecule has 0 aliphatic rings. The summed E-state index contributed by atoms with van der Waals surface area (Å²) in [5, 5.41) is 3.49. The number of benzene rings is 2. The van der Waals surface area contributed by atoms with Crippen molar-refractivity contribution in [1.29, 1.82) is 0 Å². The minimum atomic E-state index is -3.98. The van der Waals surface area contributed by atoms with Crippen LogP contribution < -0.4 is 9.62 Å². The number of carbonyl (C=O) groups excluding carboxylic acids is 2. The molecule has 2 rings (SSSR count). The molecule has 12 heteroatoms. The number of amides is 2. The van der Waals surface area contributed by atoms with Gasteiger partial charge in [-0.2, -0.15) is 0 Å². The highest BCUT2D eigenvalue weighted by Gasteiger charge is 2.32. The lowest BCUT2D eigenvalue weighted by molar-refractivity contribution is -0.140. The molecule has 1 unspecified atom stereocenters. The lowest BCUT2D eigenvalue weighted by atomic mass is 10.1. The highest BCUT2D eigenvalue weighted by molar-refractivity contribution is 7.92. The molecule has 0 bridgehead atoms. The van der Waals surface area contributed by atoms with Gasteiger partial charge in [0.2, 0.25) is 21.8 Å². The second kappa shape index (κ2) is 13.2. The van der Waals surface area contributed by atoms with Gasteiger partial charge in [-0.25, -0.2) is 8.42 Å². The number of halogens is 4. The molecule has 1 atom stereocenters.